The Morgan fingerprint density at radius 1 is 1.07 bits per heavy atom. The third kappa shape index (κ3) is 7.37. The largest absolute Gasteiger partial charge is 0.481 e. The van der Waals surface area contributed by atoms with Crippen molar-refractivity contribution in [3.63, 3.8) is 0 Å². The smallest absolute Gasteiger partial charge is 0.303 e. The molecule has 0 aromatic rings. The minimum atomic E-state index is -0.733. The average Bonchev–Trinajstić information content (AvgIpc) is 1.98. The van der Waals surface area contributed by atoms with Crippen molar-refractivity contribution >= 4 is 5.97 Å². The molecule has 0 aliphatic heterocycles. The third-order valence-corrected chi connectivity index (χ3v) is 2.76. The Bertz CT molecular complexity index is 207. The molecule has 0 aromatic heterocycles. The van der Waals surface area contributed by atoms with Crippen LogP contribution in [0.1, 0.15) is 53.4 Å². The van der Waals surface area contributed by atoms with Crippen LogP contribution in [0.3, 0.4) is 0 Å². The number of hydrogen-bond donors (Lipinski definition) is 2. The normalized spacial score (nSPS) is 12.9. The molecule has 15 heavy (non-hydrogen) atoms. The van der Waals surface area contributed by atoms with Crippen molar-refractivity contribution in [2.24, 2.45) is 10.8 Å². The van der Waals surface area contributed by atoms with E-state index in [4.69, 9.17) is 10.2 Å². The molecule has 3 heteroatoms. The van der Waals surface area contributed by atoms with Crippen LogP contribution in [0, 0.1) is 10.8 Å². The average molecular weight is 216 g/mol. The molecule has 0 amide bonds. The lowest BCUT2D eigenvalue weighted by Crippen LogP contribution is -2.24. The highest BCUT2D eigenvalue weighted by molar-refractivity contribution is 5.66. The first-order valence-corrected chi connectivity index (χ1v) is 5.51. The number of aliphatic hydroxyl groups excluding tert-OH is 1. The molecule has 0 atom stereocenters. The minimum Gasteiger partial charge on any atom is -0.481 e. The lowest BCUT2D eigenvalue weighted by atomic mass is 9.71. The zero-order valence-electron chi connectivity index (χ0n) is 10.3. The third-order valence-electron chi connectivity index (χ3n) is 2.76. The summed E-state index contributed by atoms with van der Waals surface area (Å²) in [4.78, 5) is 10.5. The molecule has 0 radical (unpaired) electrons. The van der Waals surface area contributed by atoms with Crippen LogP contribution in [0.2, 0.25) is 0 Å². The molecule has 90 valence electrons. The highest BCUT2D eigenvalue weighted by Crippen LogP contribution is 2.38. The van der Waals surface area contributed by atoms with E-state index in [0.29, 0.717) is 6.42 Å². The number of carboxylic acid groups (broad SMARTS) is 1. The summed E-state index contributed by atoms with van der Waals surface area (Å²) in [5.41, 5.74) is 0.105. The van der Waals surface area contributed by atoms with E-state index >= 15 is 0 Å². The maximum absolute atomic E-state index is 10.5. The zero-order valence-corrected chi connectivity index (χ0v) is 10.3. The van der Waals surface area contributed by atoms with Gasteiger partial charge in [0, 0.05) is 13.0 Å². The molecule has 0 saturated carbocycles. The fourth-order valence-electron chi connectivity index (χ4n) is 2.22. The van der Waals surface area contributed by atoms with Gasteiger partial charge in [-0.05, 0) is 30.1 Å². The van der Waals surface area contributed by atoms with Gasteiger partial charge in [0.2, 0.25) is 0 Å². The predicted molar refractivity (Wildman–Crippen MR) is 60.8 cm³/mol. The molecular weight excluding hydrogens is 192 g/mol. The van der Waals surface area contributed by atoms with E-state index in [9.17, 15) is 4.79 Å². The van der Waals surface area contributed by atoms with E-state index in [0.717, 1.165) is 12.8 Å². The van der Waals surface area contributed by atoms with E-state index in [1.54, 1.807) is 0 Å². The van der Waals surface area contributed by atoms with Crippen molar-refractivity contribution in [2.75, 3.05) is 6.61 Å². The second kappa shape index (κ2) is 5.50. The molecule has 0 heterocycles. The molecule has 0 unspecified atom stereocenters. The van der Waals surface area contributed by atoms with Gasteiger partial charge in [0.1, 0.15) is 0 Å². The van der Waals surface area contributed by atoms with E-state index in [-0.39, 0.29) is 23.9 Å². The van der Waals surface area contributed by atoms with Crippen LogP contribution >= 0.6 is 0 Å². The fraction of sp³-hybridized carbons (Fsp3) is 0.917. The van der Waals surface area contributed by atoms with Crippen LogP contribution in [0.25, 0.3) is 0 Å². The number of hydrogen-bond acceptors (Lipinski definition) is 2. The molecule has 0 aliphatic rings. The summed E-state index contributed by atoms with van der Waals surface area (Å²) < 4.78 is 0. The van der Waals surface area contributed by atoms with E-state index in [1.165, 1.54) is 0 Å². The molecular formula is C12H24O3. The van der Waals surface area contributed by atoms with Gasteiger partial charge in [-0.2, -0.15) is 0 Å². The standard InChI is InChI=1S/C12H24O3/c1-11(2,6-5-10(14)15)9-12(3,4)7-8-13/h13H,5-9H2,1-4H3,(H,14,15). The Morgan fingerprint density at radius 3 is 1.93 bits per heavy atom. The van der Waals surface area contributed by atoms with Gasteiger partial charge in [0.25, 0.3) is 0 Å². The van der Waals surface area contributed by atoms with Crippen molar-refractivity contribution in [1.29, 1.82) is 0 Å². The van der Waals surface area contributed by atoms with Gasteiger partial charge < -0.3 is 10.2 Å². The second-order valence-corrected chi connectivity index (χ2v) is 5.87. The number of aliphatic carboxylic acids is 1. The second-order valence-electron chi connectivity index (χ2n) is 5.87. The summed E-state index contributed by atoms with van der Waals surface area (Å²) in [5.74, 6) is -0.733. The maximum Gasteiger partial charge on any atom is 0.303 e. The topological polar surface area (TPSA) is 57.5 Å². The van der Waals surface area contributed by atoms with Crippen LogP contribution in [-0.2, 0) is 4.79 Å². The molecule has 3 nitrogen and oxygen atoms in total. The predicted octanol–water partition coefficient (Wildman–Crippen LogP) is 2.68. The number of aliphatic hydroxyl groups is 1. The highest BCUT2D eigenvalue weighted by atomic mass is 16.4. The maximum atomic E-state index is 10.5. The highest BCUT2D eigenvalue weighted by Gasteiger charge is 2.28. The van der Waals surface area contributed by atoms with E-state index in [1.807, 2.05) is 0 Å². The van der Waals surface area contributed by atoms with Crippen LogP contribution in [-0.4, -0.2) is 22.8 Å². The monoisotopic (exact) mass is 216 g/mol. The molecule has 0 saturated heterocycles. The van der Waals surface area contributed by atoms with Gasteiger partial charge in [-0.1, -0.05) is 27.7 Å². The first-order chi connectivity index (χ1) is 6.68. The molecule has 0 spiro atoms. The minimum absolute atomic E-state index is 0.0249. The molecule has 0 rings (SSSR count). The van der Waals surface area contributed by atoms with Gasteiger partial charge in [-0.25, -0.2) is 0 Å². The zero-order chi connectivity index (χ0) is 12.1. The summed E-state index contributed by atoms with van der Waals surface area (Å²) >= 11 is 0. The van der Waals surface area contributed by atoms with Crippen molar-refractivity contribution in [2.45, 2.75) is 53.4 Å². The lowest BCUT2D eigenvalue weighted by molar-refractivity contribution is -0.137. The Morgan fingerprint density at radius 2 is 1.53 bits per heavy atom. The van der Waals surface area contributed by atoms with Crippen LogP contribution in [0.5, 0.6) is 0 Å². The lowest BCUT2D eigenvalue weighted by Gasteiger charge is -2.34. The van der Waals surface area contributed by atoms with Crippen LogP contribution in [0.15, 0.2) is 0 Å². The molecule has 0 fully saturated rings. The quantitative estimate of drug-likeness (QED) is 0.688. The summed E-state index contributed by atoms with van der Waals surface area (Å²) in [6.45, 7) is 8.61. The van der Waals surface area contributed by atoms with Gasteiger partial charge in [0.05, 0.1) is 0 Å². The fourth-order valence-corrected chi connectivity index (χ4v) is 2.22. The molecule has 2 N–H and O–H groups in total. The van der Waals surface area contributed by atoms with Crippen LogP contribution in [0.4, 0.5) is 0 Å². The summed E-state index contributed by atoms with van der Waals surface area (Å²) in [6.07, 6.45) is 2.62. The Hall–Kier alpha value is -0.570. The Balaban J connectivity index is 4.16. The summed E-state index contributed by atoms with van der Waals surface area (Å²) in [6, 6.07) is 0. The van der Waals surface area contributed by atoms with Crippen molar-refractivity contribution in [3.05, 3.63) is 0 Å². The molecule has 0 bridgehead atoms. The van der Waals surface area contributed by atoms with Gasteiger partial charge >= 0.3 is 5.97 Å². The van der Waals surface area contributed by atoms with Crippen molar-refractivity contribution in [3.8, 4) is 0 Å². The van der Waals surface area contributed by atoms with Crippen molar-refractivity contribution in [1.82, 2.24) is 0 Å². The Kier molecular flexibility index (Phi) is 5.29. The molecule has 0 aliphatic carbocycles. The number of carbonyl (C=O) groups is 1. The summed E-state index contributed by atoms with van der Waals surface area (Å²) in [7, 11) is 0. The van der Waals surface area contributed by atoms with Crippen molar-refractivity contribution < 1.29 is 15.0 Å². The van der Waals surface area contributed by atoms with E-state index in [2.05, 4.69) is 27.7 Å². The first kappa shape index (κ1) is 14.4. The molecule has 0 aromatic carbocycles. The van der Waals surface area contributed by atoms with Gasteiger partial charge in [-0.3, -0.25) is 4.79 Å². The number of rotatable bonds is 7. The SMILES string of the molecule is CC(C)(CCO)CC(C)(C)CCC(=O)O. The Labute approximate surface area is 92.5 Å². The summed E-state index contributed by atoms with van der Waals surface area (Å²) in [5, 5.41) is 17.6. The van der Waals surface area contributed by atoms with Gasteiger partial charge in [-0.15, -0.1) is 0 Å². The number of carboxylic acids is 1. The van der Waals surface area contributed by atoms with E-state index < -0.39 is 5.97 Å². The van der Waals surface area contributed by atoms with Gasteiger partial charge in [0.15, 0.2) is 0 Å². The first-order valence-electron chi connectivity index (χ1n) is 5.51. The van der Waals surface area contributed by atoms with Crippen LogP contribution < -0.4 is 0 Å².